The molecule has 5 fully saturated rings. The largest absolute Gasteiger partial charge is 0.381 e. The van der Waals surface area contributed by atoms with Gasteiger partial charge < -0.3 is 15.4 Å². The highest BCUT2D eigenvalue weighted by Crippen LogP contribution is 2.34. The number of nitrogens with one attached hydrogen (secondary N) is 2. The fourth-order valence-corrected chi connectivity index (χ4v) is 7.68. The van der Waals surface area contributed by atoms with Crippen molar-refractivity contribution in [3.63, 3.8) is 0 Å². The molecule has 4 aliphatic heterocycles. The molecule has 2 N–H and O–H groups in total. The SMILES string of the molecule is Cc1csc2nc(Cc3cnn(C4CCOCC4)c3)nc(NC3CCC(N4CC5CC(C4)N5)CC3)c12. The fraction of sp³-hybridized carbons (Fsp3) is 0.667. The van der Waals surface area contributed by atoms with Gasteiger partial charge in [-0.05, 0) is 68.4 Å². The molecule has 8 nitrogen and oxygen atoms in total. The zero-order valence-electron chi connectivity index (χ0n) is 21.2. The predicted octanol–water partition coefficient (Wildman–Crippen LogP) is 3.91. The highest BCUT2D eigenvalue weighted by Gasteiger charge is 2.39. The van der Waals surface area contributed by atoms with E-state index in [0.717, 1.165) is 60.7 Å². The van der Waals surface area contributed by atoms with Gasteiger partial charge in [-0.25, -0.2) is 9.97 Å². The molecule has 0 spiro atoms. The van der Waals surface area contributed by atoms with Crippen molar-refractivity contribution in [3.8, 4) is 0 Å². The van der Waals surface area contributed by atoms with Crippen molar-refractivity contribution in [1.82, 2.24) is 30.0 Å². The van der Waals surface area contributed by atoms with E-state index in [1.165, 1.54) is 61.7 Å². The molecule has 0 aromatic carbocycles. The van der Waals surface area contributed by atoms with Crippen LogP contribution in [0.5, 0.6) is 0 Å². The Hall–Kier alpha value is -2.07. The number of fused-ring (bicyclic) bond motifs is 3. The number of piperidine rings is 1. The Balaban J connectivity index is 1.04. The van der Waals surface area contributed by atoms with E-state index in [1.54, 1.807) is 11.3 Å². The first-order valence-electron chi connectivity index (χ1n) is 13.8. The van der Waals surface area contributed by atoms with Gasteiger partial charge in [0.15, 0.2) is 0 Å². The maximum Gasteiger partial charge on any atom is 0.139 e. The van der Waals surface area contributed by atoms with E-state index in [1.807, 2.05) is 6.20 Å². The van der Waals surface area contributed by atoms with Gasteiger partial charge in [0.1, 0.15) is 16.5 Å². The van der Waals surface area contributed by atoms with Gasteiger partial charge in [-0.3, -0.25) is 9.58 Å². The summed E-state index contributed by atoms with van der Waals surface area (Å²) in [5.74, 6) is 1.91. The van der Waals surface area contributed by atoms with Crippen LogP contribution >= 0.6 is 11.3 Å². The first kappa shape index (κ1) is 23.1. The Morgan fingerprint density at radius 1 is 1.06 bits per heavy atom. The van der Waals surface area contributed by atoms with Crippen molar-refractivity contribution >= 4 is 27.4 Å². The Morgan fingerprint density at radius 2 is 1.83 bits per heavy atom. The topological polar surface area (TPSA) is 80.1 Å². The average Bonchev–Trinajstić information content (AvgIpc) is 3.51. The van der Waals surface area contributed by atoms with Crippen LogP contribution in [0, 0.1) is 6.92 Å². The molecule has 1 aliphatic carbocycles. The maximum atomic E-state index is 5.51. The van der Waals surface area contributed by atoms with Gasteiger partial charge in [-0.2, -0.15) is 5.10 Å². The molecule has 2 bridgehead atoms. The van der Waals surface area contributed by atoms with E-state index in [4.69, 9.17) is 14.7 Å². The number of piperazine rings is 1. The lowest BCUT2D eigenvalue weighted by Crippen LogP contribution is -2.68. The molecule has 36 heavy (non-hydrogen) atoms. The van der Waals surface area contributed by atoms with Crippen LogP contribution in [0.4, 0.5) is 5.82 Å². The van der Waals surface area contributed by atoms with Crippen LogP contribution in [-0.2, 0) is 11.2 Å². The monoisotopic (exact) mass is 507 g/mol. The molecular formula is C27H37N7OS. The summed E-state index contributed by atoms with van der Waals surface area (Å²) in [7, 11) is 0. The van der Waals surface area contributed by atoms with E-state index < -0.39 is 0 Å². The number of aromatic nitrogens is 4. The van der Waals surface area contributed by atoms with Crippen molar-refractivity contribution in [2.75, 3.05) is 31.6 Å². The van der Waals surface area contributed by atoms with Crippen molar-refractivity contribution in [2.24, 2.45) is 0 Å². The molecule has 4 saturated heterocycles. The number of thiophene rings is 1. The van der Waals surface area contributed by atoms with Gasteiger partial charge >= 0.3 is 0 Å². The molecule has 8 rings (SSSR count). The summed E-state index contributed by atoms with van der Waals surface area (Å²) >= 11 is 1.73. The first-order valence-corrected chi connectivity index (χ1v) is 14.7. The van der Waals surface area contributed by atoms with Crippen molar-refractivity contribution in [1.29, 1.82) is 0 Å². The lowest BCUT2D eigenvalue weighted by Gasteiger charge is -2.51. The molecule has 0 amide bonds. The third kappa shape index (κ3) is 4.55. The number of ether oxygens (including phenoxy) is 1. The second-order valence-corrected chi connectivity index (χ2v) is 12.2. The minimum absolute atomic E-state index is 0.440. The van der Waals surface area contributed by atoms with E-state index in [0.29, 0.717) is 18.5 Å². The summed E-state index contributed by atoms with van der Waals surface area (Å²) in [5, 5.41) is 15.6. The lowest BCUT2D eigenvalue weighted by molar-refractivity contribution is 0.0320. The second kappa shape index (κ2) is 9.67. The van der Waals surface area contributed by atoms with Crippen LogP contribution in [0.1, 0.15) is 67.9 Å². The zero-order valence-corrected chi connectivity index (χ0v) is 22.0. The quantitative estimate of drug-likeness (QED) is 0.524. The average molecular weight is 508 g/mol. The highest BCUT2D eigenvalue weighted by atomic mass is 32.1. The molecule has 3 aromatic heterocycles. The summed E-state index contributed by atoms with van der Waals surface area (Å²) in [4.78, 5) is 13.9. The summed E-state index contributed by atoms with van der Waals surface area (Å²) < 4.78 is 7.63. The normalized spacial score (nSPS) is 29.4. The van der Waals surface area contributed by atoms with Gasteiger partial charge in [-0.1, -0.05) is 0 Å². The third-order valence-electron chi connectivity index (χ3n) is 8.75. The van der Waals surface area contributed by atoms with Crippen molar-refractivity contribution in [2.45, 2.75) is 88.5 Å². The number of hydrogen-bond donors (Lipinski definition) is 2. The minimum Gasteiger partial charge on any atom is -0.381 e. The molecule has 192 valence electrons. The van der Waals surface area contributed by atoms with Gasteiger partial charge in [0, 0.05) is 63.1 Å². The fourth-order valence-electron chi connectivity index (χ4n) is 6.74. The number of rotatable bonds is 6. The standard InChI is InChI=1S/C27H37N7OS/c1-17-16-36-27-25(17)26(30-19-2-4-22(5-3-19)33-14-20-11-21(15-33)29-20)31-24(32-27)10-18-12-28-34(13-18)23-6-8-35-9-7-23/h12-13,16,19-23,29H,2-11,14-15H2,1H3,(H,30,31,32). The first-order chi connectivity index (χ1) is 17.7. The Bertz CT molecular complexity index is 1190. The lowest BCUT2D eigenvalue weighted by atomic mass is 9.85. The Labute approximate surface area is 216 Å². The number of nitrogens with zero attached hydrogens (tertiary/aromatic N) is 5. The summed E-state index contributed by atoms with van der Waals surface area (Å²) in [6, 6.07) is 3.18. The molecule has 2 atom stereocenters. The van der Waals surface area contributed by atoms with Crippen LogP contribution in [0.3, 0.4) is 0 Å². The minimum atomic E-state index is 0.440. The van der Waals surface area contributed by atoms with Gasteiger partial charge in [0.2, 0.25) is 0 Å². The molecular weight excluding hydrogens is 470 g/mol. The van der Waals surface area contributed by atoms with Crippen LogP contribution in [0.2, 0.25) is 0 Å². The van der Waals surface area contributed by atoms with E-state index in [2.05, 4.69) is 43.8 Å². The maximum absolute atomic E-state index is 5.51. The highest BCUT2D eigenvalue weighted by molar-refractivity contribution is 7.17. The molecule has 7 heterocycles. The Kier molecular flexibility index (Phi) is 6.20. The molecule has 0 radical (unpaired) electrons. The Morgan fingerprint density at radius 3 is 2.61 bits per heavy atom. The molecule has 2 unspecified atom stereocenters. The van der Waals surface area contributed by atoms with Crippen LogP contribution in [-0.4, -0.2) is 75.1 Å². The summed E-state index contributed by atoms with van der Waals surface area (Å²) in [6.45, 7) is 6.31. The van der Waals surface area contributed by atoms with Gasteiger partial charge in [-0.15, -0.1) is 11.3 Å². The molecule has 9 heteroatoms. The molecule has 5 aliphatic rings. The van der Waals surface area contributed by atoms with E-state index in [-0.39, 0.29) is 0 Å². The number of hydrogen-bond acceptors (Lipinski definition) is 8. The molecule has 1 saturated carbocycles. The smallest absolute Gasteiger partial charge is 0.139 e. The second-order valence-electron chi connectivity index (χ2n) is 11.3. The molecule has 3 aromatic rings. The number of aryl methyl sites for hydroxylation is 1. The van der Waals surface area contributed by atoms with E-state index >= 15 is 0 Å². The predicted molar refractivity (Wildman–Crippen MR) is 143 cm³/mol. The zero-order chi connectivity index (χ0) is 24.1. The van der Waals surface area contributed by atoms with Gasteiger partial charge in [0.25, 0.3) is 0 Å². The van der Waals surface area contributed by atoms with Gasteiger partial charge in [0.05, 0.1) is 17.6 Å². The van der Waals surface area contributed by atoms with E-state index in [9.17, 15) is 0 Å². The van der Waals surface area contributed by atoms with Crippen LogP contribution in [0.15, 0.2) is 17.8 Å². The van der Waals surface area contributed by atoms with Crippen molar-refractivity contribution in [3.05, 3.63) is 34.7 Å². The van der Waals surface area contributed by atoms with Crippen LogP contribution in [0.25, 0.3) is 10.2 Å². The summed E-state index contributed by atoms with van der Waals surface area (Å²) in [6.07, 6.45) is 13.3. The third-order valence-corrected chi connectivity index (χ3v) is 9.74. The van der Waals surface area contributed by atoms with Crippen LogP contribution < -0.4 is 10.6 Å². The van der Waals surface area contributed by atoms with Crippen molar-refractivity contribution < 1.29 is 4.74 Å². The number of anilines is 1. The summed E-state index contributed by atoms with van der Waals surface area (Å²) in [5.41, 5.74) is 2.44.